The van der Waals surface area contributed by atoms with E-state index in [0.717, 1.165) is 35.3 Å². The van der Waals surface area contributed by atoms with Crippen LogP contribution in [0, 0.1) is 0 Å². The van der Waals surface area contributed by atoms with Gasteiger partial charge in [-0.05, 0) is 49.6 Å². The van der Waals surface area contributed by atoms with E-state index in [1.54, 1.807) is 0 Å². The van der Waals surface area contributed by atoms with E-state index in [1.165, 1.54) is 5.56 Å². The van der Waals surface area contributed by atoms with Crippen molar-refractivity contribution in [2.24, 2.45) is 0 Å². The molecule has 1 rings (SSSR count). The van der Waals surface area contributed by atoms with Crippen molar-refractivity contribution < 1.29 is 0 Å². The average Bonchev–Trinajstić information content (AvgIpc) is 2.28. The van der Waals surface area contributed by atoms with Gasteiger partial charge in [-0.1, -0.05) is 40.5 Å². The number of hydrogen-bond acceptors (Lipinski definition) is 1. The molecule has 1 aromatic rings. The smallest absolute Gasteiger partial charge is 0.0420 e. The highest BCUT2D eigenvalue weighted by Gasteiger charge is 2.11. The van der Waals surface area contributed by atoms with Crippen molar-refractivity contribution in [2.45, 2.75) is 32.2 Å². The predicted octanol–water partition coefficient (Wildman–Crippen LogP) is 5.11. The maximum atomic E-state index is 6.08. The minimum Gasteiger partial charge on any atom is -0.310 e. The van der Waals surface area contributed by atoms with Crippen LogP contribution in [-0.2, 0) is 0 Å². The highest BCUT2D eigenvalue weighted by Crippen LogP contribution is 2.26. The first kappa shape index (κ1) is 14.7. The Kier molecular flexibility index (Phi) is 6.86. The summed E-state index contributed by atoms with van der Waals surface area (Å²) in [6, 6.07) is 6.42. The molecule has 0 saturated carbocycles. The van der Waals surface area contributed by atoms with Gasteiger partial charge in [-0.15, -0.1) is 6.58 Å². The lowest BCUT2D eigenvalue weighted by atomic mass is 10.0. The quantitative estimate of drug-likeness (QED) is 0.689. The molecule has 94 valence electrons. The van der Waals surface area contributed by atoms with Crippen molar-refractivity contribution in [1.29, 1.82) is 0 Å². The molecule has 1 unspecified atom stereocenters. The largest absolute Gasteiger partial charge is 0.310 e. The van der Waals surface area contributed by atoms with E-state index in [0.29, 0.717) is 6.04 Å². The van der Waals surface area contributed by atoms with Crippen molar-refractivity contribution in [3.8, 4) is 0 Å². The monoisotopic (exact) mass is 315 g/mol. The van der Waals surface area contributed by atoms with Gasteiger partial charge in [0, 0.05) is 15.5 Å². The van der Waals surface area contributed by atoms with Gasteiger partial charge in [0.25, 0.3) is 0 Å². The number of rotatable bonds is 7. The van der Waals surface area contributed by atoms with Crippen LogP contribution in [0.4, 0.5) is 0 Å². The van der Waals surface area contributed by atoms with Crippen LogP contribution in [0.2, 0.25) is 5.02 Å². The molecule has 3 heteroatoms. The second-order valence-corrected chi connectivity index (χ2v) is 5.43. The lowest BCUT2D eigenvalue weighted by Gasteiger charge is -2.19. The summed E-state index contributed by atoms with van der Waals surface area (Å²) in [6.07, 6.45) is 5.15. The van der Waals surface area contributed by atoms with E-state index in [1.807, 2.05) is 18.2 Å². The number of allylic oxidation sites excluding steroid dienone is 1. The zero-order valence-corrected chi connectivity index (χ0v) is 12.5. The van der Waals surface area contributed by atoms with Gasteiger partial charge >= 0.3 is 0 Å². The molecule has 0 aliphatic rings. The molecule has 0 radical (unpaired) electrons. The van der Waals surface area contributed by atoms with E-state index in [4.69, 9.17) is 11.6 Å². The van der Waals surface area contributed by atoms with Crippen LogP contribution >= 0.6 is 27.5 Å². The van der Waals surface area contributed by atoms with Crippen molar-refractivity contribution in [3.05, 3.63) is 45.9 Å². The van der Waals surface area contributed by atoms with Gasteiger partial charge in [-0.25, -0.2) is 0 Å². The van der Waals surface area contributed by atoms with E-state index >= 15 is 0 Å². The van der Waals surface area contributed by atoms with Crippen LogP contribution in [0.3, 0.4) is 0 Å². The summed E-state index contributed by atoms with van der Waals surface area (Å²) < 4.78 is 1.03. The highest BCUT2D eigenvalue weighted by atomic mass is 79.9. The Balaban J connectivity index is 2.82. The fourth-order valence-corrected chi connectivity index (χ4v) is 2.65. The van der Waals surface area contributed by atoms with E-state index < -0.39 is 0 Å². The van der Waals surface area contributed by atoms with E-state index in [9.17, 15) is 0 Å². The molecule has 1 nitrogen and oxygen atoms in total. The second kappa shape index (κ2) is 7.91. The highest BCUT2D eigenvalue weighted by molar-refractivity contribution is 9.10. The Morgan fingerprint density at radius 1 is 1.47 bits per heavy atom. The van der Waals surface area contributed by atoms with Gasteiger partial charge in [-0.2, -0.15) is 0 Å². The second-order valence-electron chi connectivity index (χ2n) is 4.08. The van der Waals surface area contributed by atoms with E-state index in [-0.39, 0.29) is 0 Å². The molecule has 1 N–H and O–H groups in total. The molecule has 0 aliphatic heterocycles. The van der Waals surface area contributed by atoms with Gasteiger partial charge in [0.15, 0.2) is 0 Å². The molecule has 0 heterocycles. The van der Waals surface area contributed by atoms with Crippen molar-refractivity contribution >= 4 is 27.5 Å². The Morgan fingerprint density at radius 3 is 2.82 bits per heavy atom. The summed E-state index contributed by atoms with van der Waals surface area (Å²) in [5, 5.41) is 4.32. The van der Waals surface area contributed by atoms with Crippen molar-refractivity contribution in [1.82, 2.24) is 5.32 Å². The maximum absolute atomic E-state index is 6.08. The third kappa shape index (κ3) is 5.24. The Hall–Kier alpha value is -0.310. The molecule has 0 aliphatic carbocycles. The zero-order chi connectivity index (χ0) is 12.7. The minimum atomic E-state index is 0.350. The fourth-order valence-electron chi connectivity index (χ4n) is 1.77. The SMILES string of the molecule is C=CCCC(NCCC)c1cc(Cl)cc(Br)c1. The summed E-state index contributed by atoms with van der Waals surface area (Å²) >= 11 is 9.57. The summed E-state index contributed by atoms with van der Waals surface area (Å²) in [5.74, 6) is 0. The third-order valence-electron chi connectivity index (χ3n) is 2.59. The maximum Gasteiger partial charge on any atom is 0.0420 e. The van der Waals surface area contributed by atoms with Crippen molar-refractivity contribution in [2.75, 3.05) is 6.54 Å². The third-order valence-corrected chi connectivity index (χ3v) is 3.26. The minimum absolute atomic E-state index is 0.350. The van der Waals surface area contributed by atoms with Crippen LogP contribution in [0.25, 0.3) is 0 Å². The number of halogens is 2. The van der Waals surface area contributed by atoms with Gasteiger partial charge in [0.2, 0.25) is 0 Å². The Bertz CT molecular complexity index is 345. The molecule has 0 bridgehead atoms. The topological polar surface area (TPSA) is 12.0 Å². The molecule has 1 aromatic carbocycles. The zero-order valence-electron chi connectivity index (χ0n) is 10.2. The van der Waals surface area contributed by atoms with Crippen LogP contribution in [0.5, 0.6) is 0 Å². The summed E-state index contributed by atoms with van der Waals surface area (Å²) in [6.45, 7) is 6.97. The normalized spacial score (nSPS) is 12.4. The lowest BCUT2D eigenvalue weighted by molar-refractivity contribution is 0.503. The molecular formula is C14H19BrClN. The molecular weight excluding hydrogens is 298 g/mol. The van der Waals surface area contributed by atoms with Crippen molar-refractivity contribution in [3.63, 3.8) is 0 Å². The summed E-state index contributed by atoms with van der Waals surface area (Å²) in [7, 11) is 0. The predicted molar refractivity (Wildman–Crippen MR) is 79.6 cm³/mol. The van der Waals surface area contributed by atoms with Crippen LogP contribution in [0.1, 0.15) is 37.8 Å². The molecule has 0 saturated heterocycles. The molecule has 0 aromatic heterocycles. The first-order chi connectivity index (χ1) is 8.17. The van der Waals surface area contributed by atoms with E-state index in [2.05, 4.69) is 40.8 Å². The first-order valence-electron chi connectivity index (χ1n) is 5.97. The van der Waals surface area contributed by atoms with Gasteiger partial charge in [-0.3, -0.25) is 0 Å². The summed E-state index contributed by atoms with van der Waals surface area (Å²) in [5.41, 5.74) is 1.24. The standard InChI is InChI=1S/C14H19BrClN/c1-3-5-6-14(17-7-4-2)11-8-12(15)10-13(16)9-11/h3,8-10,14,17H,1,4-7H2,2H3. The molecule has 0 spiro atoms. The number of hydrogen-bond donors (Lipinski definition) is 1. The summed E-state index contributed by atoms with van der Waals surface area (Å²) in [4.78, 5) is 0. The van der Waals surface area contributed by atoms with Gasteiger partial charge in [0.05, 0.1) is 0 Å². The molecule has 0 fully saturated rings. The van der Waals surface area contributed by atoms with Gasteiger partial charge < -0.3 is 5.32 Å². The van der Waals surface area contributed by atoms with Crippen LogP contribution in [0.15, 0.2) is 35.3 Å². The van der Waals surface area contributed by atoms with Crippen LogP contribution in [-0.4, -0.2) is 6.54 Å². The lowest BCUT2D eigenvalue weighted by Crippen LogP contribution is -2.22. The molecule has 17 heavy (non-hydrogen) atoms. The van der Waals surface area contributed by atoms with Crippen LogP contribution < -0.4 is 5.32 Å². The fraction of sp³-hybridized carbons (Fsp3) is 0.429. The average molecular weight is 317 g/mol. The molecule has 1 atom stereocenters. The number of benzene rings is 1. The number of nitrogens with one attached hydrogen (secondary N) is 1. The van der Waals surface area contributed by atoms with Gasteiger partial charge in [0.1, 0.15) is 0 Å². The Morgan fingerprint density at radius 2 is 2.24 bits per heavy atom. The first-order valence-corrected chi connectivity index (χ1v) is 7.14. The Labute approximate surface area is 117 Å². The molecule has 0 amide bonds.